The van der Waals surface area contributed by atoms with Gasteiger partial charge in [0.2, 0.25) is 0 Å². The minimum Gasteiger partial charge on any atom is -0.497 e. The van der Waals surface area contributed by atoms with E-state index in [0.717, 1.165) is 29.5 Å². The number of guanidine groups is 1. The fourth-order valence-electron chi connectivity index (χ4n) is 2.74. The molecule has 3 rings (SSSR count). The molecule has 0 fully saturated rings. The third-order valence-electron chi connectivity index (χ3n) is 4.14. The number of methoxy groups -OCH3 is 1. The second-order valence-corrected chi connectivity index (χ2v) is 6.00. The molecular formula is C21H25N5O. The smallest absolute Gasteiger partial charge is 0.191 e. The van der Waals surface area contributed by atoms with E-state index in [1.165, 1.54) is 5.56 Å². The van der Waals surface area contributed by atoms with Gasteiger partial charge in [0.05, 0.1) is 25.7 Å². The van der Waals surface area contributed by atoms with Crippen LogP contribution in [0.5, 0.6) is 5.75 Å². The lowest BCUT2D eigenvalue weighted by Crippen LogP contribution is -2.37. The molecule has 140 valence electrons. The molecule has 6 nitrogen and oxygen atoms in total. The van der Waals surface area contributed by atoms with Gasteiger partial charge in [-0.1, -0.05) is 30.3 Å². The van der Waals surface area contributed by atoms with E-state index in [-0.39, 0.29) is 0 Å². The third-order valence-corrected chi connectivity index (χ3v) is 4.14. The molecule has 2 aromatic carbocycles. The number of para-hydroxylation sites is 1. The monoisotopic (exact) mass is 363 g/mol. The molecule has 0 spiro atoms. The van der Waals surface area contributed by atoms with E-state index in [1.54, 1.807) is 13.3 Å². The van der Waals surface area contributed by atoms with E-state index in [4.69, 9.17) is 4.74 Å². The Labute approximate surface area is 159 Å². The van der Waals surface area contributed by atoms with Crippen LogP contribution in [0.3, 0.4) is 0 Å². The number of benzene rings is 2. The fourth-order valence-corrected chi connectivity index (χ4v) is 2.74. The van der Waals surface area contributed by atoms with E-state index in [1.807, 2.05) is 53.5 Å². The zero-order valence-electron chi connectivity index (χ0n) is 15.7. The first kappa shape index (κ1) is 18.5. The predicted molar refractivity (Wildman–Crippen MR) is 108 cm³/mol. The van der Waals surface area contributed by atoms with Gasteiger partial charge in [-0.2, -0.15) is 0 Å². The van der Waals surface area contributed by atoms with Crippen LogP contribution in [0.4, 0.5) is 0 Å². The Morgan fingerprint density at radius 3 is 2.63 bits per heavy atom. The van der Waals surface area contributed by atoms with Crippen LogP contribution in [0, 0.1) is 0 Å². The van der Waals surface area contributed by atoms with Crippen LogP contribution < -0.4 is 15.4 Å². The van der Waals surface area contributed by atoms with Gasteiger partial charge in [0.1, 0.15) is 5.75 Å². The van der Waals surface area contributed by atoms with Crippen molar-refractivity contribution in [2.75, 3.05) is 13.7 Å². The number of aliphatic imine (C=N–C) groups is 1. The Hall–Kier alpha value is -3.28. The first-order valence-corrected chi connectivity index (χ1v) is 9.01. The van der Waals surface area contributed by atoms with Crippen molar-refractivity contribution < 1.29 is 4.74 Å². The summed E-state index contributed by atoms with van der Waals surface area (Å²) in [5.41, 5.74) is 3.41. The van der Waals surface area contributed by atoms with Gasteiger partial charge in [-0.25, -0.2) is 9.98 Å². The summed E-state index contributed by atoms with van der Waals surface area (Å²) >= 11 is 0. The molecule has 1 aromatic heterocycles. The highest BCUT2D eigenvalue weighted by Gasteiger charge is 2.05. The first-order valence-electron chi connectivity index (χ1n) is 9.01. The van der Waals surface area contributed by atoms with Gasteiger partial charge in [0, 0.05) is 25.5 Å². The Balaban J connectivity index is 1.68. The van der Waals surface area contributed by atoms with Crippen molar-refractivity contribution in [3.8, 4) is 11.4 Å². The van der Waals surface area contributed by atoms with E-state index >= 15 is 0 Å². The largest absolute Gasteiger partial charge is 0.497 e. The highest BCUT2D eigenvalue weighted by molar-refractivity contribution is 5.79. The summed E-state index contributed by atoms with van der Waals surface area (Å²) in [6, 6.07) is 16.2. The number of aromatic nitrogens is 2. The summed E-state index contributed by atoms with van der Waals surface area (Å²) in [6.07, 6.45) is 5.54. The number of nitrogens with one attached hydrogen (secondary N) is 2. The van der Waals surface area contributed by atoms with E-state index < -0.39 is 0 Å². The van der Waals surface area contributed by atoms with Crippen molar-refractivity contribution in [3.63, 3.8) is 0 Å². The average molecular weight is 363 g/mol. The highest BCUT2D eigenvalue weighted by Crippen LogP contribution is 2.14. The summed E-state index contributed by atoms with van der Waals surface area (Å²) in [7, 11) is 1.67. The lowest BCUT2D eigenvalue weighted by molar-refractivity contribution is 0.414. The van der Waals surface area contributed by atoms with Crippen LogP contribution >= 0.6 is 0 Å². The standard InChI is InChI=1S/C21H25N5O/c1-3-23-21(24-14-17-8-10-19(27-2)11-9-17)25-15-18-6-4-5-7-20(18)26-13-12-22-16-26/h4-13,16H,3,14-15H2,1-2H3,(H2,23,24,25). The van der Waals surface area contributed by atoms with Gasteiger partial charge in [-0.05, 0) is 36.2 Å². The van der Waals surface area contributed by atoms with Crippen LogP contribution in [-0.4, -0.2) is 29.2 Å². The van der Waals surface area contributed by atoms with Crippen LogP contribution in [0.1, 0.15) is 18.1 Å². The number of imidazole rings is 1. The zero-order chi connectivity index (χ0) is 18.9. The van der Waals surface area contributed by atoms with Crippen molar-refractivity contribution in [1.29, 1.82) is 0 Å². The molecule has 0 saturated carbocycles. The number of ether oxygens (including phenoxy) is 1. The van der Waals surface area contributed by atoms with Gasteiger partial charge in [-0.3, -0.25) is 0 Å². The predicted octanol–water partition coefficient (Wildman–Crippen LogP) is 3.14. The van der Waals surface area contributed by atoms with Crippen molar-refractivity contribution in [3.05, 3.63) is 78.4 Å². The maximum Gasteiger partial charge on any atom is 0.191 e. The molecule has 2 N–H and O–H groups in total. The topological polar surface area (TPSA) is 63.5 Å². The molecule has 0 atom stereocenters. The molecule has 6 heteroatoms. The third kappa shape index (κ3) is 5.10. The Morgan fingerprint density at radius 1 is 1.11 bits per heavy atom. The second-order valence-electron chi connectivity index (χ2n) is 6.00. The number of nitrogens with zero attached hydrogens (tertiary/aromatic N) is 3. The van der Waals surface area contributed by atoms with Gasteiger partial charge in [0.15, 0.2) is 5.96 Å². The highest BCUT2D eigenvalue weighted by atomic mass is 16.5. The average Bonchev–Trinajstić information content (AvgIpc) is 3.25. The molecule has 0 saturated heterocycles. The lowest BCUT2D eigenvalue weighted by Gasteiger charge is -2.14. The van der Waals surface area contributed by atoms with Crippen LogP contribution in [-0.2, 0) is 13.1 Å². The molecule has 27 heavy (non-hydrogen) atoms. The molecule has 0 aliphatic rings. The molecule has 1 heterocycles. The van der Waals surface area contributed by atoms with Gasteiger partial charge in [0.25, 0.3) is 0 Å². The minimum atomic E-state index is 0.600. The molecule has 0 unspecified atom stereocenters. The fraction of sp³-hybridized carbons (Fsp3) is 0.238. The van der Waals surface area contributed by atoms with Gasteiger partial charge < -0.3 is 19.9 Å². The summed E-state index contributed by atoms with van der Waals surface area (Å²) in [6.45, 7) is 4.13. The molecule has 0 amide bonds. The summed E-state index contributed by atoms with van der Waals surface area (Å²) in [5.74, 6) is 1.64. The van der Waals surface area contributed by atoms with Crippen LogP contribution in [0.2, 0.25) is 0 Å². The summed E-state index contributed by atoms with van der Waals surface area (Å²) in [5, 5.41) is 6.71. The Morgan fingerprint density at radius 2 is 1.93 bits per heavy atom. The first-order chi connectivity index (χ1) is 13.3. The number of hydrogen-bond donors (Lipinski definition) is 2. The van der Waals surface area contributed by atoms with E-state index in [9.17, 15) is 0 Å². The molecule has 0 aliphatic heterocycles. The Bertz CT molecular complexity index is 857. The SMILES string of the molecule is CCNC(=NCc1ccc(OC)cc1)NCc1ccccc1-n1ccnc1. The maximum absolute atomic E-state index is 5.20. The van der Waals surface area contributed by atoms with Crippen LogP contribution in [0.25, 0.3) is 5.69 Å². The molecule has 0 radical (unpaired) electrons. The normalized spacial score (nSPS) is 11.3. The minimum absolute atomic E-state index is 0.600. The van der Waals surface area contributed by atoms with Gasteiger partial charge in [-0.15, -0.1) is 0 Å². The lowest BCUT2D eigenvalue weighted by atomic mass is 10.1. The van der Waals surface area contributed by atoms with Crippen molar-refractivity contribution in [2.45, 2.75) is 20.0 Å². The van der Waals surface area contributed by atoms with E-state index in [2.05, 4.69) is 39.7 Å². The summed E-state index contributed by atoms with van der Waals surface area (Å²) in [4.78, 5) is 8.82. The second kappa shape index (κ2) is 9.43. The molecule has 3 aromatic rings. The number of hydrogen-bond acceptors (Lipinski definition) is 3. The molecule has 0 bridgehead atoms. The maximum atomic E-state index is 5.20. The van der Waals surface area contributed by atoms with Crippen molar-refractivity contribution in [2.24, 2.45) is 4.99 Å². The van der Waals surface area contributed by atoms with Gasteiger partial charge >= 0.3 is 0 Å². The zero-order valence-corrected chi connectivity index (χ0v) is 15.7. The van der Waals surface area contributed by atoms with Crippen LogP contribution in [0.15, 0.2) is 72.2 Å². The van der Waals surface area contributed by atoms with Crippen molar-refractivity contribution >= 4 is 5.96 Å². The molecule has 0 aliphatic carbocycles. The Kier molecular flexibility index (Phi) is 6.46. The quantitative estimate of drug-likeness (QED) is 0.500. The number of rotatable bonds is 7. The van der Waals surface area contributed by atoms with E-state index in [0.29, 0.717) is 13.1 Å². The molecular weight excluding hydrogens is 338 g/mol. The van der Waals surface area contributed by atoms with Crippen molar-refractivity contribution in [1.82, 2.24) is 20.2 Å². The summed E-state index contributed by atoms with van der Waals surface area (Å²) < 4.78 is 7.21.